The maximum Gasteiger partial charge on any atom is 0.0583 e. The van der Waals surface area contributed by atoms with Gasteiger partial charge in [0.25, 0.3) is 0 Å². The zero-order valence-electron chi connectivity index (χ0n) is 14.0. The molecule has 0 bridgehead atoms. The van der Waals surface area contributed by atoms with Gasteiger partial charge in [-0.15, -0.1) is 0 Å². The number of aliphatic hydroxyl groups is 2. The van der Waals surface area contributed by atoms with E-state index in [9.17, 15) is 10.2 Å². The van der Waals surface area contributed by atoms with Crippen molar-refractivity contribution in [2.75, 3.05) is 19.6 Å². The SMILES string of the molecule is CC(C)(C)C1CCC(O)C(CN2CC3CCC(O)C3C2)C1. The summed E-state index contributed by atoms with van der Waals surface area (Å²) in [6, 6.07) is 0. The Hall–Kier alpha value is -0.120. The highest BCUT2D eigenvalue weighted by molar-refractivity contribution is 4.95. The molecule has 0 spiro atoms. The van der Waals surface area contributed by atoms with Gasteiger partial charge in [-0.05, 0) is 55.3 Å². The van der Waals surface area contributed by atoms with E-state index in [1.807, 2.05) is 0 Å². The summed E-state index contributed by atoms with van der Waals surface area (Å²) in [5.41, 5.74) is 0.357. The molecule has 6 atom stereocenters. The lowest BCUT2D eigenvalue weighted by atomic mass is 9.68. The molecule has 2 N–H and O–H groups in total. The lowest BCUT2D eigenvalue weighted by Crippen LogP contribution is -2.41. The first kappa shape index (κ1) is 15.8. The summed E-state index contributed by atoms with van der Waals surface area (Å²) in [6.45, 7) is 10.2. The average Bonchev–Trinajstić information content (AvgIpc) is 2.93. The van der Waals surface area contributed by atoms with Crippen LogP contribution in [0.25, 0.3) is 0 Å². The topological polar surface area (TPSA) is 43.7 Å². The second kappa shape index (κ2) is 5.82. The molecule has 6 unspecified atom stereocenters. The van der Waals surface area contributed by atoms with Crippen molar-refractivity contribution in [3.05, 3.63) is 0 Å². The first-order valence-electron chi connectivity index (χ1n) is 8.93. The Bertz CT molecular complexity index is 365. The molecular formula is C18H33NO2. The van der Waals surface area contributed by atoms with Crippen LogP contribution in [0.15, 0.2) is 0 Å². The maximum atomic E-state index is 10.4. The Balaban J connectivity index is 1.57. The summed E-state index contributed by atoms with van der Waals surface area (Å²) in [4.78, 5) is 2.52. The molecule has 3 fully saturated rings. The van der Waals surface area contributed by atoms with Crippen molar-refractivity contribution in [3.63, 3.8) is 0 Å². The van der Waals surface area contributed by atoms with Crippen LogP contribution >= 0.6 is 0 Å². The average molecular weight is 295 g/mol. The van der Waals surface area contributed by atoms with Gasteiger partial charge in [0.05, 0.1) is 12.2 Å². The van der Waals surface area contributed by atoms with Crippen LogP contribution in [-0.4, -0.2) is 47.0 Å². The lowest BCUT2D eigenvalue weighted by Gasteiger charge is -2.41. The van der Waals surface area contributed by atoms with Crippen LogP contribution in [0.3, 0.4) is 0 Å². The molecule has 0 aromatic heterocycles. The maximum absolute atomic E-state index is 10.4. The molecule has 3 aliphatic rings. The molecule has 1 aliphatic heterocycles. The van der Waals surface area contributed by atoms with E-state index in [2.05, 4.69) is 25.7 Å². The molecule has 2 saturated carbocycles. The zero-order valence-corrected chi connectivity index (χ0v) is 14.0. The monoisotopic (exact) mass is 295 g/mol. The molecule has 3 heteroatoms. The fraction of sp³-hybridized carbons (Fsp3) is 1.00. The first-order chi connectivity index (χ1) is 9.84. The Morgan fingerprint density at radius 3 is 2.33 bits per heavy atom. The van der Waals surface area contributed by atoms with Gasteiger partial charge in [0.2, 0.25) is 0 Å². The fourth-order valence-corrected chi connectivity index (χ4v) is 5.04. The van der Waals surface area contributed by atoms with E-state index in [0.29, 0.717) is 23.2 Å². The van der Waals surface area contributed by atoms with Crippen LogP contribution in [0, 0.1) is 29.1 Å². The largest absolute Gasteiger partial charge is 0.393 e. The summed E-state index contributed by atoms with van der Waals surface area (Å²) in [6.07, 6.45) is 5.31. The highest BCUT2D eigenvalue weighted by Gasteiger charge is 2.43. The van der Waals surface area contributed by atoms with Crippen LogP contribution in [0.4, 0.5) is 0 Å². The molecule has 0 radical (unpaired) electrons. The highest BCUT2D eigenvalue weighted by atomic mass is 16.3. The number of rotatable bonds is 2. The summed E-state index contributed by atoms with van der Waals surface area (Å²) in [7, 11) is 0. The van der Waals surface area contributed by atoms with Crippen molar-refractivity contribution in [2.45, 2.75) is 65.1 Å². The predicted molar refractivity (Wildman–Crippen MR) is 85.0 cm³/mol. The predicted octanol–water partition coefficient (Wildman–Crippen LogP) is 2.51. The van der Waals surface area contributed by atoms with Gasteiger partial charge in [0.15, 0.2) is 0 Å². The minimum Gasteiger partial charge on any atom is -0.393 e. The van der Waals surface area contributed by atoms with Crippen LogP contribution in [0.5, 0.6) is 0 Å². The Morgan fingerprint density at radius 2 is 1.67 bits per heavy atom. The van der Waals surface area contributed by atoms with Gasteiger partial charge < -0.3 is 15.1 Å². The zero-order chi connectivity index (χ0) is 15.2. The van der Waals surface area contributed by atoms with Crippen LogP contribution in [0.1, 0.15) is 52.9 Å². The van der Waals surface area contributed by atoms with E-state index in [-0.39, 0.29) is 12.2 Å². The summed E-state index contributed by atoms with van der Waals surface area (Å²) < 4.78 is 0. The van der Waals surface area contributed by atoms with E-state index >= 15 is 0 Å². The van der Waals surface area contributed by atoms with Crippen LogP contribution < -0.4 is 0 Å². The molecule has 0 aromatic carbocycles. The number of nitrogens with zero attached hydrogens (tertiary/aromatic N) is 1. The Labute approximate surface area is 129 Å². The molecular weight excluding hydrogens is 262 g/mol. The minimum atomic E-state index is -0.117. The molecule has 1 heterocycles. The van der Waals surface area contributed by atoms with Crippen molar-refractivity contribution >= 4 is 0 Å². The molecule has 0 aromatic rings. The molecule has 122 valence electrons. The molecule has 3 nitrogen and oxygen atoms in total. The molecule has 1 saturated heterocycles. The van der Waals surface area contributed by atoms with Crippen LogP contribution in [0.2, 0.25) is 0 Å². The Morgan fingerprint density at radius 1 is 0.952 bits per heavy atom. The van der Waals surface area contributed by atoms with Gasteiger partial charge in [-0.3, -0.25) is 0 Å². The first-order valence-corrected chi connectivity index (χ1v) is 8.93. The van der Waals surface area contributed by atoms with E-state index < -0.39 is 0 Å². The van der Waals surface area contributed by atoms with Crippen molar-refractivity contribution in [1.29, 1.82) is 0 Å². The third-order valence-electron chi connectivity index (χ3n) is 6.55. The number of hydrogen-bond donors (Lipinski definition) is 2. The number of aliphatic hydroxyl groups excluding tert-OH is 2. The normalized spacial score (nSPS) is 45.0. The molecule has 3 rings (SSSR count). The fourth-order valence-electron chi connectivity index (χ4n) is 5.04. The molecule has 2 aliphatic carbocycles. The van der Waals surface area contributed by atoms with Crippen molar-refractivity contribution in [2.24, 2.45) is 29.1 Å². The highest BCUT2D eigenvalue weighted by Crippen LogP contribution is 2.42. The molecule has 0 amide bonds. The van der Waals surface area contributed by atoms with Crippen molar-refractivity contribution in [1.82, 2.24) is 4.90 Å². The smallest absolute Gasteiger partial charge is 0.0583 e. The van der Waals surface area contributed by atoms with Gasteiger partial charge >= 0.3 is 0 Å². The Kier molecular flexibility index (Phi) is 4.37. The van der Waals surface area contributed by atoms with E-state index in [1.54, 1.807) is 0 Å². The van der Waals surface area contributed by atoms with Gasteiger partial charge in [-0.2, -0.15) is 0 Å². The van der Waals surface area contributed by atoms with Gasteiger partial charge in [-0.25, -0.2) is 0 Å². The van der Waals surface area contributed by atoms with Gasteiger partial charge in [-0.1, -0.05) is 20.8 Å². The molecule has 21 heavy (non-hydrogen) atoms. The third-order valence-corrected chi connectivity index (χ3v) is 6.55. The van der Waals surface area contributed by atoms with Gasteiger partial charge in [0, 0.05) is 25.6 Å². The van der Waals surface area contributed by atoms with E-state index in [1.165, 1.54) is 19.3 Å². The summed E-state index contributed by atoms with van der Waals surface area (Å²) in [5.74, 6) is 2.38. The number of hydrogen-bond acceptors (Lipinski definition) is 3. The minimum absolute atomic E-state index is 0.0707. The van der Waals surface area contributed by atoms with Crippen molar-refractivity contribution in [3.8, 4) is 0 Å². The van der Waals surface area contributed by atoms with Crippen LogP contribution in [-0.2, 0) is 0 Å². The lowest BCUT2D eigenvalue weighted by molar-refractivity contribution is 0.00434. The van der Waals surface area contributed by atoms with E-state index in [0.717, 1.165) is 38.4 Å². The third kappa shape index (κ3) is 3.30. The summed E-state index contributed by atoms with van der Waals surface area (Å²) >= 11 is 0. The number of fused-ring (bicyclic) bond motifs is 1. The summed E-state index contributed by atoms with van der Waals surface area (Å²) in [5, 5.41) is 20.4. The number of likely N-dealkylation sites (tertiary alicyclic amines) is 1. The van der Waals surface area contributed by atoms with E-state index in [4.69, 9.17) is 0 Å². The van der Waals surface area contributed by atoms with Crippen molar-refractivity contribution < 1.29 is 10.2 Å². The second-order valence-electron chi connectivity index (χ2n) is 8.99. The van der Waals surface area contributed by atoms with Gasteiger partial charge in [0.1, 0.15) is 0 Å². The quantitative estimate of drug-likeness (QED) is 0.823. The second-order valence-corrected chi connectivity index (χ2v) is 8.99. The standard InChI is InChI=1S/C18H33NO2/c1-18(2,3)14-5-7-16(20)13(8-14)10-19-9-12-4-6-17(21)15(12)11-19/h12-17,20-21H,4-11H2,1-3H3.